The quantitative estimate of drug-likeness (QED) is 0.387. The molecule has 0 atom stereocenters. The Morgan fingerprint density at radius 3 is 1.83 bits per heavy atom. The van der Waals surface area contributed by atoms with Gasteiger partial charge in [0.15, 0.2) is 0 Å². The van der Waals surface area contributed by atoms with E-state index in [-0.39, 0.29) is 8.77 Å². The molecule has 0 saturated carbocycles. The molecule has 0 rings (SSSR count). The minimum atomic E-state index is -0.00926. The van der Waals surface area contributed by atoms with Crippen LogP contribution in [0, 0.1) is 30.6 Å². The summed E-state index contributed by atoms with van der Waals surface area (Å²) < 4.78 is 0. The van der Waals surface area contributed by atoms with Crippen LogP contribution in [0.25, 0.3) is 0 Å². The standard InChI is InChI=1S/C6H6.2H2/c1-4-6(3)5-2;;/h1-2,6H,3H3;2*1H. The number of terminal acetylenes is 2. The lowest BCUT2D eigenvalue weighted by atomic mass is 10.2. The van der Waals surface area contributed by atoms with Gasteiger partial charge in [0.1, 0.15) is 0 Å². The molecule has 0 nitrogen and oxygen atoms in total. The van der Waals surface area contributed by atoms with Gasteiger partial charge in [-0.25, -0.2) is 0 Å². The minimum absolute atomic E-state index is 0. The lowest BCUT2D eigenvalue weighted by Gasteiger charge is -1.81. The third-order valence-electron chi connectivity index (χ3n) is 0.500. The van der Waals surface area contributed by atoms with Crippen molar-refractivity contribution in [2.75, 3.05) is 0 Å². The highest BCUT2D eigenvalue weighted by Crippen LogP contribution is 1.82. The first-order valence-electron chi connectivity index (χ1n) is 1.73. The SMILES string of the molecule is C#CC(C)C#C.[HH].[HH]. The Morgan fingerprint density at radius 1 is 1.50 bits per heavy atom. The highest BCUT2D eigenvalue weighted by atomic mass is 13.8. The number of hydrogen-bond donors (Lipinski definition) is 0. The molecule has 6 heavy (non-hydrogen) atoms. The molecular formula is C6H10. The Labute approximate surface area is 41.5 Å². The van der Waals surface area contributed by atoms with Gasteiger partial charge in [0.2, 0.25) is 0 Å². The Bertz CT molecular complexity index is 90.7. The van der Waals surface area contributed by atoms with Crippen LogP contribution in [0.5, 0.6) is 0 Å². The van der Waals surface area contributed by atoms with Crippen molar-refractivity contribution in [3.05, 3.63) is 0 Å². The van der Waals surface area contributed by atoms with Crippen molar-refractivity contribution in [1.82, 2.24) is 0 Å². The summed E-state index contributed by atoms with van der Waals surface area (Å²) in [6.07, 6.45) is 9.78. The van der Waals surface area contributed by atoms with Crippen LogP contribution in [0.1, 0.15) is 9.78 Å². The van der Waals surface area contributed by atoms with Gasteiger partial charge in [-0.3, -0.25) is 0 Å². The second-order valence-corrected chi connectivity index (χ2v) is 1.06. The third kappa shape index (κ3) is 1.44. The molecule has 0 radical (unpaired) electrons. The Morgan fingerprint density at radius 2 is 1.83 bits per heavy atom. The molecule has 0 aliphatic carbocycles. The highest BCUT2D eigenvalue weighted by Gasteiger charge is 1.79. The molecule has 0 heterocycles. The van der Waals surface area contributed by atoms with Crippen molar-refractivity contribution in [3.8, 4) is 24.7 Å². The van der Waals surface area contributed by atoms with Gasteiger partial charge in [-0.1, -0.05) is 11.8 Å². The summed E-state index contributed by atoms with van der Waals surface area (Å²) in [6, 6.07) is 0. The summed E-state index contributed by atoms with van der Waals surface area (Å²) in [4.78, 5) is 0. The van der Waals surface area contributed by atoms with Crippen LogP contribution in [-0.4, -0.2) is 0 Å². The van der Waals surface area contributed by atoms with Gasteiger partial charge in [0.25, 0.3) is 0 Å². The van der Waals surface area contributed by atoms with Gasteiger partial charge in [0, 0.05) is 2.85 Å². The molecule has 0 heteroatoms. The largest absolute Gasteiger partial charge is 0.119 e. The normalized spacial score (nSPS) is 6.67. The monoisotopic (exact) mass is 82.1 g/mol. The maximum absolute atomic E-state index is 4.89. The summed E-state index contributed by atoms with van der Waals surface area (Å²) in [7, 11) is 0. The first kappa shape index (κ1) is 5.12. The first-order chi connectivity index (χ1) is 2.81. The van der Waals surface area contributed by atoms with Gasteiger partial charge >= 0.3 is 0 Å². The van der Waals surface area contributed by atoms with Crippen molar-refractivity contribution in [1.29, 1.82) is 0 Å². The second kappa shape index (κ2) is 2.36. The number of rotatable bonds is 0. The van der Waals surface area contributed by atoms with Crippen molar-refractivity contribution in [2.45, 2.75) is 6.92 Å². The van der Waals surface area contributed by atoms with Crippen LogP contribution >= 0.6 is 0 Å². The van der Waals surface area contributed by atoms with Crippen LogP contribution in [-0.2, 0) is 0 Å². The van der Waals surface area contributed by atoms with E-state index in [4.69, 9.17) is 12.8 Å². The predicted octanol–water partition coefficient (Wildman–Crippen LogP) is 1.38. The summed E-state index contributed by atoms with van der Waals surface area (Å²) in [6.45, 7) is 1.81. The van der Waals surface area contributed by atoms with Gasteiger partial charge in [-0.15, -0.1) is 12.8 Å². The van der Waals surface area contributed by atoms with E-state index in [1.165, 1.54) is 0 Å². The smallest absolute Gasteiger partial charge is 0.0778 e. The van der Waals surface area contributed by atoms with Crippen molar-refractivity contribution in [2.24, 2.45) is 5.92 Å². The average molecular weight is 82.1 g/mol. The minimum Gasteiger partial charge on any atom is -0.119 e. The Hall–Kier alpha value is -0.880. The Balaban J connectivity index is -0.000000125. The van der Waals surface area contributed by atoms with E-state index in [0.29, 0.717) is 0 Å². The molecule has 34 valence electrons. The van der Waals surface area contributed by atoms with Gasteiger partial charge in [-0.2, -0.15) is 0 Å². The molecule has 0 aromatic rings. The maximum atomic E-state index is 4.89. The summed E-state index contributed by atoms with van der Waals surface area (Å²) in [5, 5.41) is 0. The van der Waals surface area contributed by atoms with Crippen molar-refractivity contribution >= 4 is 0 Å². The number of hydrogen-bond acceptors (Lipinski definition) is 0. The molecule has 0 aromatic carbocycles. The van der Waals surface area contributed by atoms with Crippen molar-refractivity contribution in [3.63, 3.8) is 0 Å². The van der Waals surface area contributed by atoms with Crippen LogP contribution < -0.4 is 0 Å². The third-order valence-corrected chi connectivity index (χ3v) is 0.500. The van der Waals surface area contributed by atoms with Crippen molar-refractivity contribution < 1.29 is 2.85 Å². The van der Waals surface area contributed by atoms with Crippen LogP contribution in [0.15, 0.2) is 0 Å². The van der Waals surface area contributed by atoms with E-state index in [1.807, 2.05) is 0 Å². The van der Waals surface area contributed by atoms with Gasteiger partial charge in [-0.05, 0) is 6.92 Å². The fourth-order valence-corrected chi connectivity index (χ4v) is 0.0481. The highest BCUT2D eigenvalue weighted by molar-refractivity contribution is 5.07. The zero-order valence-electron chi connectivity index (χ0n) is 3.73. The summed E-state index contributed by atoms with van der Waals surface area (Å²) in [5.74, 6) is 4.75. The van der Waals surface area contributed by atoms with Gasteiger partial charge < -0.3 is 0 Å². The van der Waals surface area contributed by atoms with Crippen LogP contribution in [0.3, 0.4) is 0 Å². The predicted molar refractivity (Wildman–Crippen MR) is 31.1 cm³/mol. The molecule has 0 bridgehead atoms. The molecule has 0 fully saturated rings. The molecule has 0 unspecified atom stereocenters. The zero-order valence-corrected chi connectivity index (χ0v) is 3.73. The summed E-state index contributed by atoms with van der Waals surface area (Å²) >= 11 is 0. The van der Waals surface area contributed by atoms with Crippen LogP contribution in [0.2, 0.25) is 0 Å². The van der Waals surface area contributed by atoms with E-state index in [9.17, 15) is 0 Å². The molecular weight excluding hydrogens is 72.1 g/mol. The second-order valence-electron chi connectivity index (χ2n) is 1.06. The molecule has 0 amide bonds. The Kier molecular flexibility index (Phi) is 2.02. The lowest BCUT2D eigenvalue weighted by molar-refractivity contribution is 1.03. The average Bonchev–Trinajstić information content (AvgIpc) is 1.65. The molecule has 0 aromatic heterocycles. The van der Waals surface area contributed by atoms with E-state index in [2.05, 4.69) is 11.8 Å². The van der Waals surface area contributed by atoms with E-state index >= 15 is 0 Å². The van der Waals surface area contributed by atoms with E-state index in [0.717, 1.165) is 0 Å². The van der Waals surface area contributed by atoms with E-state index < -0.39 is 0 Å². The molecule has 0 spiro atoms. The molecule has 0 aliphatic rings. The fraction of sp³-hybridized carbons (Fsp3) is 0.333. The van der Waals surface area contributed by atoms with Gasteiger partial charge in [0.05, 0.1) is 5.92 Å². The molecule has 0 N–H and O–H groups in total. The van der Waals surface area contributed by atoms with Crippen LogP contribution in [0.4, 0.5) is 0 Å². The first-order valence-corrected chi connectivity index (χ1v) is 1.73. The fourth-order valence-electron chi connectivity index (χ4n) is 0.0481. The topological polar surface area (TPSA) is 0 Å². The maximum Gasteiger partial charge on any atom is 0.0778 e. The summed E-state index contributed by atoms with van der Waals surface area (Å²) in [5.41, 5.74) is 0. The molecule has 0 aliphatic heterocycles. The zero-order chi connectivity index (χ0) is 4.99. The molecule has 0 saturated heterocycles. The lowest BCUT2D eigenvalue weighted by Crippen LogP contribution is -1.78. The van der Waals surface area contributed by atoms with E-state index in [1.54, 1.807) is 6.92 Å².